The summed E-state index contributed by atoms with van der Waals surface area (Å²) in [5.74, 6) is 0. The van der Waals surface area contributed by atoms with Gasteiger partial charge in [-0.25, -0.2) is 0 Å². The third-order valence-electron chi connectivity index (χ3n) is 3.84. The van der Waals surface area contributed by atoms with E-state index in [1.54, 1.807) is 18.6 Å². The normalized spacial score (nSPS) is 10.5. The van der Waals surface area contributed by atoms with E-state index in [2.05, 4.69) is 14.3 Å². The number of pyridine rings is 2. The SMILES string of the molecule is Cc1ccc(-c2cc(Cl)cnc2-c2cccnc2)c(C)c1N=S=O. The second-order valence-electron chi connectivity index (χ2n) is 5.36. The Kier molecular flexibility index (Phi) is 4.83. The van der Waals surface area contributed by atoms with Crippen molar-refractivity contribution >= 4 is 28.8 Å². The van der Waals surface area contributed by atoms with Crippen molar-refractivity contribution in [1.29, 1.82) is 0 Å². The molecule has 0 aliphatic heterocycles. The third-order valence-corrected chi connectivity index (χ3v) is 4.30. The zero-order chi connectivity index (χ0) is 17.1. The predicted molar refractivity (Wildman–Crippen MR) is 97.6 cm³/mol. The molecule has 0 atom stereocenters. The largest absolute Gasteiger partial charge is 0.264 e. The van der Waals surface area contributed by atoms with Gasteiger partial charge in [0.05, 0.1) is 16.4 Å². The molecule has 24 heavy (non-hydrogen) atoms. The topological polar surface area (TPSA) is 55.2 Å². The van der Waals surface area contributed by atoms with E-state index in [-0.39, 0.29) is 11.5 Å². The zero-order valence-corrected chi connectivity index (χ0v) is 14.7. The molecule has 0 saturated heterocycles. The van der Waals surface area contributed by atoms with Gasteiger partial charge >= 0.3 is 0 Å². The molecule has 2 aromatic heterocycles. The highest BCUT2D eigenvalue weighted by Crippen LogP contribution is 2.38. The quantitative estimate of drug-likeness (QED) is 0.656. The fourth-order valence-corrected chi connectivity index (χ4v) is 3.20. The molecule has 0 bridgehead atoms. The first kappa shape index (κ1) is 16.5. The molecule has 0 N–H and O–H groups in total. The lowest BCUT2D eigenvalue weighted by molar-refractivity contribution is 0.698. The van der Waals surface area contributed by atoms with Crippen molar-refractivity contribution < 1.29 is 4.21 Å². The van der Waals surface area contributed by atoms with Crippen LogP contribution in [0.2, 0.25) is 5.02 Å². The van der Waals surface area contributed by atoms with Gasteiger partial charge in [0.15, 0.2) is 0 Å². The fourth-order valence-electron chi connectivity index (χ4n) is 2.68. The molecule has 0 amide bonds. The summed E-state index contributed by atoms with van der Waals surface area (Å²) >= 11 is 6.40. The molecular weight excluding hydrogens is 342 g/mol. The Bertz CT molecular complexity index is 954. The van der Waals surface area contributed by atoms with E-state index in [9.17, 15) is 4.21 Å². The summed E-state index contributed by atoms with van der Waals surface area (Å²) in [6, 6.07) is 9.65. The molecule has 6 heteroatoms. The first-order valence-electron chi connectivity index (χ1n) is 7.28. The maximum Gasteiger partial charge on any atom is 0.205 e. The molecule has 0 aliphatic carbocycles. The summed E-state index contributed by atoms with van der Waals surface area (Å²) in [5.41, 5.74) is 6.11. The van der Waals surface area contributed by atoms with E-state index < -0.39 is 0 Å². The monoisotopic (exact) mass is 355 g/mol. The summed E-state index contributed by atoms with van der Waals surface area (Å²) in [7, 11) is 0. The molecule has 0 radical (unpaired) electrons. The highest BCUT2D eigenvalue weighted by molar-refractivity contribution is 7.54. The van der Waals surface area contributed by atoms with Crippen LogP contribution in [-0.4, -0.2) is 14.2 Å². The van der Waals surface area contributed by atoms with E-state index in [0.29, 0.717) is 10.7 Å². The van der Waals surface area contributed by atoms with Crippen LogP contribution >= 0.6 is 11.6 Å². The lowest BCUT2D eigenvalue weighted by Crippen LogP contribution is -1.93. The number of benzene rings is 1. The van der Waals surface area contributed by atoms with Gasteiger partial charge in [-0.2, -0.15) is 8.57 Å². The zero-order valence-electron chi connectivity index (χ0n) is 13.2. The van der Waals surface area contributed by atoms with Crippen LogP contribution in [0.1, 0.15) is 11.1 Å². The first-order valence-corrected chi connectivity index (χ1v) is 8.36. The van der Waals surface area contributed by atoms with Crippen molar-refractivity contribution in [3.05, 3.63) is 65.1 Å². The average molecular weight is 356 g/mol. The summed E-state index contributed by atoms with van der Waals surface area (Å²) in [6.45, 7) is 3.88. The second-order valence-corrected chi connectivity index (χ2v) is 6.13. The number of aromatic nitrogens is 2. The fraction of sp³-hybridized carbons (Fsp3) is 0.111. The van der Waals surface area contributed by atoms with Crippen LogP contribution in [-0.2, 0) is 11.5 Å². The lowest BCUT2D eigenvalue weighted by atomic mass is 9.94. The van der Waals surface area contributed by atoms with Crippen molar-refractivity contribution in [2.24, 2.45) is 4.36 Å². The minimum atomic E-state index is 0.214. The van der Waals surface area contributed by atoms with Gasteiger partial charge in [0.1, 0.15) is 0 Å². The maximum absolute atomic E-state index is 10.9. The molecule has 0 aliphatic rings. The summed E-state index contributed by atoms with van der Waals surface area (Å²) < 4.78 is 14.9. The van der Waals surface area contributed by atoms with Gasteiger partial charge in [-0.1, -0.05) is 23.7 Å². The molecule has 3 rings (SSSR count). The summed E-state index contributed by atoms with van der Waals surface area (Å²) in [5, 5.41) is 0.550. The van der Waals surface area contributed by atoms with Crippen LogP contribution < -0.4 is 0 Å². The molecule has 0 unspecified atom stereocenters. The Morgan fingerprint density at radius 1 is 1.12 bits per heavy atom. The van der Waals surface area contributed by atoms with E-state index >= 15 is 0 Å². The molecule has 3 aromatic rings. The van der Waals surface area contributed by atoms with Crippen molar-refractivity contribution in [1.82, 2.24) is 9.97 Å². The third kappa shape index (κ3) is 3.13. The van der Waals surface area contributed by atoms with Gasteiger partial charge in [0, 0.05) is 29.7 Å². The highest BCUT2D eigenvalue weighted by atomic mass is 35.5. The Balaban J connectivity index is 2.29. The van der Waals surface area contributed by atoms with Crippen LogP contribution in [0.3, 0.4) is 0 Å². The van der Waals surface area contributed by atoms with E-state index in [4.69, 9.17) is 11.6 Å². The number of aryl methyl sites for hydroxylation is 1. The highest BCUT2D eigenvalue weighted by Gasteiger charge is 2.15. The van der Waals surface area contributed by atoms with Crippen LogP contribution in [0.5, 0.6) is 0 Å². The van der Waals surface area contributed by atoms with Gasteiger partial charge < -0.3 is 0 Å². The Morgan fingerprint density at radius 3 is 2.67 bits per heavy atom. The molecule has 120 valence electrons. The van der Waals surface area contributed by atoms with Gasteiger partial charge in [-0.05, 0) is 48.7 Å². The number of halogens is 1. The first-order chi connectivity index (χ1) is 11.6. The standard InChI is InChI=1S/C18H14ClN3OS/c1-11-5-6-15(12(2)17(11)22-24-23)16-8-14(19)10-21-18(16)13-4-3-7-20-9-13/h3-10H,1-2H3. The average Bonchev–Trinajstić information content (AvgIpc) is 2.59. The Hall–Kier alpha value is -2.37. The van der Waals surface area contributed by atoms with E-state index in [1.807, 2.05) is 44.2 Å². The van der Waals surface area contributed by atoms with Crippen LogP contribution in [0.25, 0.3) is 22.4 Å². The van der Waals surface area contributed by atoms with Gasteiger partial charge in [-0.15, -0.1) is 0 Å². The smallest absolute Gasteiger partial charge is 0.205 e. The van der Waals surface area contributed by atoms with Crippen molar-refractivity contribution in [2.45, 2.75) is 13.8 Å². The number of rotatable bonds is 3. The second kappa shape index (κ2) is 7.03. The van der Waals surface area contributed by atoms with E-state index in [1.165, 1.54) is 0 Å². The number of nitrogens with zero attached hydrogens (tertiary/aromatic N) is 3. The summed E-state index contributed by atoms with van der Waals surface area (Å²) in [6.07, 6.45) is 5.11. The molecule has 0 saturated carbocycles. The van der Waals surface area contributed by atoms with Gasteiger partial charge in [-0.3, -0.25) is 9.97 Å². The molecular formula is C18H14ClN3OS. The molecule has 0 spiro atoms. The maximum atomic E-state index is 10.9. The van der Waals surface area contributed by atoms with Crippen molar-refractivity contribution in [3.8, 4) is 22.4 Å². The van der Waals surface area contributed by atoms with E-state index in [0.717, 1.165) is 33.5 Å². The van der Waals surface area contributed by atoms with Crippen LogP contribution in [0, 0.1) is 13.8 Å². The van der Waals surface area contributed by atoms with Crippen molar-refractivity contribution in [2.75, 3.05) is 0 Å². The molecule has 2 heterocycles. The molecule has 0 fully saturated rings. The van der Waals surface area contributed by atoms with Gasteiger partial charge in [0.25, 0.3) is 0 Å². The molecule has 1 aromatic carbocycles. The van der Waals surface area contributed by atoms with Crippen LogP contribution in [0.15, 0.2) is 53.3 Å². The lowest BCUT2D eigenvalue weighted by Gasteiger charge is -2.14. The predicted octanol–water partition coefficient (Wildman–Crippen LogP) is 5.11. The Morgan fingerprint density at radius 2 is 1.96 bits per heavy atom. The Labute approximate surface area is 148 Å². The number of hydrogen-bond acceptors (Lipinski definition) is 4. The minimum Gasteiger partial charge on any atom is -0.264 e. The summed E-state index contributed by atoms with van der Waals surface area (Å²) in [4.78, 5) is 8.66. The van der Waals surface area contributed by atoms with Crippen LogP contribution in [0.4, 0.5) is 5.69 Å². The number of hydrogen-bond donors (Lipinski definition) is 0. The van der Waals surface area contributed by atoms with Gasteiger partial charge in [0.2, 0.25) is 11.5 Å². The molecule has 4 nitrogen and oxygen atoms in total. The minimum absolute atomic E-state index is 0.214. The van der Waals surface area contributed by atoms with Crippen molar-refractivity contribution in [3.63, 3.8) is 0 Å².